The number of hydrogen-bond donors (Lipinski definition) is 1. The molecule has 0 fully saturated rings. The number of hydrogen-bond acceptors (Lipinski definition) is 4. The van der Waals surface area contributed by atoms with Gasteiger partial charge in [0, 0.05) is 31.7 Å². The van der Waals surface area contributed by atoms with E-state index in [4.69, 9.17) is 0 Å². The summed E-state index contributed by atoms with van der Waals surface area (Å²) in [6.45, 7) is 8.09. The first-order valence-corrected chi connectivity index (χ1v) is 6.86. The van der Waals surface area contributed by atoms with Crippen LogP contribution in [0.5, 0.6) is 0 Å². The van der Waals surface area contributed by atoms with Gasteiger partial charge in [0.2, 0.25) is 0 Å². The molecule has 0 radical (unpaired) electrons. The molecule has 0 atom stereocenters. The highest BCUT2D eigenvalue weighted by molar-refractivity contribution is 5.25. The molecule has 5 heteroatoms. The first-order valence-electron chi connectivity index (χ1n) is 6.86. The van der Waals surface area contributed by atoms with Crippen LogP contribution in [0.1, 0.15) is 26.3 Å². The van der Waals surface area contributed by atoms with Crippen molar-refractivity contribution in [1.82, 2.24) is 19.4 Å². The predicted octanol–water partition coefficient (Wildman–Crippen LogP) is 1.86. The van der Waals surface area contributed by atoms with Gasteiger partial charge in [-0.3, -0.25) is 9.47 Å². The van der Waals surface area contributed by atoms with Crippen LogP contribution in [0.3, 0.4) is 0 Å². The van der Waals surface area contributed by atoms with Crippen molar-refractivity contribution >= 4 is 0 Å². The fraction of sp³-hybridized carbons (Fsp3) is 0.467. The van der Waals surface area contributed by atoms with Crippen molar-refractivity contribution in [2.75, 3.05) is 13.1 Å². The Morgan fingerprint density at radius 1 is 1.35 bits per heavy atom. The molecule has 0 bridgehead atoms. The fourth-order valence-electron chi connectivity index (χ4n) is 2.14. The summed E-state index contributed by atoms with van der Waals surface area (Å²) >= 11 is 0. The van der Waals surface area contributed by atoms with Crippen LogP contribution < -0.4 is 0 Å². The summed E-state index contributed by atoms with van der Waals surface area (Å²) in [5, 5.41) is 9.90. The van der Waals surface area contributed by atoms with Crippen LogP contribution in [-0.2, 0) is 6.54 Å². The molecule has 2 aromatic rings. The first kappa shape index (κ1) is 14.7. The van der Waals surface area contributed by atoms with E-state index in [1.165, 1.54) is 0 Å². The smallest absolute Gasteiger partial charge is 0.137 e. The van der Waals surface area contributed by atoms with Crippen molar-refractivity contribution in [3.63, 3.8) is 0 Å². The molecule has 0 saturated carbocycles. The van der Waals surface area contributed by atoms with Crippen molar-refractivity contribution in [2.45, 2.75) is 32.9 Å². The van der Waals surface area contributed by atoms with Gasteiger partial charge in [-0.15, -0.1) is 0 Å². The van der Waals surface area contributed by atoms with Crippen molar-refractivity contribution in [2.24, 2.45) is 0 Å². The van der Waals surface area contributed by atoms with Crippen LogP contribution in [-0.4, -0.2) is 43.2 Å². The number of nitrogens with zero attached hydrogens (tertiary/aromatic N) is 4. The van der Waals surface area contributed by atoms with Gasteiger partial charge in [-0.2, -0.15) is 0 Å². The van der Waals surface area contributed by atoms with Crippen molar-refractivity contribution in [1.29, 1.82) is 0 Å². The number of aliphatic hydroxyl groups is 1. The maximum Gasteiger partial charge on any atom is 0.137 e. The minimum atomic E-state index is -0.680. The lowest BCUT2D eigenvalue weighted by Crippen LogP contribution is -2.38. The molecule has 20 heavy (non-hydrogen) atoms. The van der Waals surface area contributed by atoms with Gasteiger partial charge in [0.1, 0.15) is 12.1 Å². The van der Waals surface area contributed by atoms with Gasteiger partial charge in [-0.1, -0.05) is 13.0 Å². The van der Waals surface area contributed by atoms with E-state index in [0.29, 0.717) is 6.54 Å². The number of pyridine rings is 1. The highest BCUT2D eigenvalue weighted by Crippen LogP contribution is 2.11. The average Bonchev–Trinajstić information content (AvgIpc) is 2.91. The van der Waals surface area contributed by atoms with Crippen LogP contribution in [0.4, 0.5) is 0 Å². The largest absolute Gasteiger partial charge is 0.389 e. The summed E-state index contributed by atoms with van der Waals surface area (Å²) in [6, 6.07) is 4.05. The molecule has 0 spiro atoms. The summed E-state index contributed by atoms with van der Waals surface area (Å²) in [5.41, 5.74) is 0.458. The molecule has 0 aliphatic carbocycles. The van der Waals surface area contributed by atoms with Gasteiger partial charge >= 0.3 is 0 Å². The molecule has 0 aliphatic rings. The van der Waals surface area contributed by atoms with Gasteiger partial charge < -0.3 is 5.11 Å². The van der Waals surface area contributed by atoms with E-state index in [1.807, 2.05) is 36.9 Å². The summed E-state index contributed by atoms with van der Waals surface area (Å²) in [6.07, 6.45) is 7.21. The molecule has 2 rings (SSSR count). The van der Waals surface area contributed by atoms with Gasteiger partial charge in [-0.05, 0) is 32.0 Å². The Bertz CT molecular complexity index is 514. The molecular formula is C15H22N4O. The summed E-state index contributed by atoms with van der Waals surface area (Å²) in [4.78, 5) is 10.7. The standard InChI is InChI=1S/C15H22N4O/c1-4-18(11-15(2,3)20)10-13-5-6-14(17-9-13)19-8-7-16-12-19/h5-9,12,20H,4,10-11H2,1-3H3. The maximum absolute atomic E-state index is 9.90. The van der Waals surface area contributed by atoms with E-state index in [1.54, 1.807) is 12.5 Å². The van der Waals surface area contributed by atoms with Crippen LogP contribution in [0.25, 0.3) is 5.82 Å². The molecule has 0 unspecified atom stereocenters. The SMILES string of the molecule is CCN(Cc1ccc(-n2ccnc2)nc1)CC(C)(C)O. The Morgan fingerprint density at radius 3 is 2.65 bits per heavy atom. The second kappa shape index (κ2) is 6.15. The van der Waals surface area contributed by atoms with Crippen LogP contribution in [0.2, 0.25) is 0 Å². The zero-order valence-electron chi connectivity index (χ0n) is 12.3. The second-order valence-corrected chi connectivity index (χ2v) is 5.61. The third-order valence-electron chi connectivity index (χ3n) is 3.04. The number of rotatable bonds is 6. The van der Waals surface area contributed by atoms with Gasteiger partial charge in [-0.25, -0.2) is 9.97 Å². The number of aromatic nitrogens is 3. The Kier molecular flexibility index (Phi) is 4.52. The minimum absolute atomic E-state index is 0.646. The van der Waals surface area contributed by atoms with E-state index in [0.717, 1.165) is 24.5 Å². The van der Waals surface area contributed by atoms with Gasteiger partial charge in [0.05, 0.1) is 5.60 Å². The molecule has 0 saturated heterocycles. The third kappa shape index (κ3) is 4.15. The molecule has 2 aromatic heterocycles. The molecule has 1 N–H and O–H groups in total. The Morgan fingerprint density at radius 2 is 2.15 bits per heavy atom. The van der Waals surface area contributed by atoms with E-state index in [9.17, 15) is 5.11 Å². The van der Waals surface area contributed by atoms with Crippen LogP contribution in [0, 0.1) is 0 Å². The zero-order valence-corrected chi connectivity index (χ0v) is 12.3. The van der Waals surface area contributed by atoms with Crippen LogP contribution >= 0.6 is 0 Å². The van der Waals surface area contributed by atoms with E-state index in [-0.39, 0.29) is 0 Å². The van der Waals surface area contributed by atoms with Crippen LogP contribution in [0.15, 0.2) is 37.1 Å². The number of likely N-dealkylation sites (N-methyl/N-ethyl adjacent to an activating group) is 1. The lowest BCUT2D eigenvalue weighted by atomic mass is 10.1. The normalized spacial score (nSPS) is 12.1. The van der Waals surface area contributed by atoms with Gasteiger partial charge in [0.15, 0.2) is 0 Å². The molecule has 108 valence electrons. The molecular weight excluding hydrogens is 252 g/mol. The lowest BCUT2D eigenvalue weighted by Gasteiger charge is -2.27. The molecule has 0 aliphatic heterocycles. The van der Waals surface area contributed by atoms with E-state index >= 15 is 0 Å². The third-order valence-corrected chi connectivity index (χ3v) is 3.04. The highest BCUT2D eigenvalue weighted by atomic mass is 16.3. The van der Waals surface area contributed by atoms with Crippen molar-refractivity contribution < 1.29 is 5.11 Å². The Balaban J connectivity index is 2.03. The molecule has 2 heterocycles. The topological polar surface area (TPSA) is 54.2 Å². The Hall–Kier alpha value is -1.72. The molecule has 0 aromatic carbocycles. The monoisotopic (exact) mass is 274 g/mol. The Labute approximate surface area is 119 Å². The van der Waals surface area contributed by atoms with Gasteiger partial charge in [0.25, 0.3) is 0 Å². The maximum atomic E-state index is 9.90. The molecule has 0 amide bonds. The first-order chi connectivity index (χ1) is 9.48. The average molecular weight is 274 g/mol. The molecule has 5 nitrogen and oxygen atoms in total. The van der Waals surface area contributed by atoms with E-state index in [2.05, 4.69) is 27.9 Å². The summed E-state index contributed by atoms with van der Waals surface area (Å²) in [7, 11) is 0. The minimum Gasteiger partial charge on any atom is -0.389 e. The number of imidazole rings is 1. The van der Waals surface area contributed by atoms with E-state index < -0.39 is 5.60 Å². The van der Waals surface area contributed by atoms with Crippen molar-refractivity contribution in [3.8, 4) is 5.82 Å². The second-order valence-electron chi connectivity index (χ2n) is 5.61. The predicted molar refractivity (Wildman–Crippen MR) is 78.6 cm³/mol. The highest BCUT2D eigenvalue weighted by Gasteiger charge is 2.17. The fourth-order valence-corrected chi connectivity index (χ4v) is 2.14. The van der Waals surface area contributed by atoms with Crippen molar-refractivity contribution in [3.05, 3.63) is 42.6 Å². The lowest BCUT2D eigenvalue weighted by molar-refractivity contribution is 0.0353. The summed E-state index contributed by atoms with van der Waals surface area (Å²) < 4.78 is 1.87. The summed E-state index contributed by atoms with van der Waals surface area (Å²) in [5.74, 6) is 0.858. The zero-order chi connectivity index (χ0) is 14.6. The quantitative estimate of drug-likeness (QED) is 0.873.